The lowest BCUT2D eigenvalue weighted by molar-refractivity contribution is -0.135. The molecule has 1 saturated heterocycles. The number of fused-ring (bicyclic) bond motifs is 1. The van der Waals surface area contributed by atoms with Crippen molar-refractivity contribution in [2.45, 2.75) is 0 Å². The predicted octanol–water partition coefficient (Wildman–Crippen LogP) is 1.98. The van der Waals surface area contributed by atoms with Crippen LogP contribution in [0.5, 0.6) is 0 Å². The molecule has 0 N–H and O–H groups in total. The van der Waals surface area contributed by atoms with Crippen molar-refractivity contribution in [2.24, 2.45) is 7.05 Å². The second-order valence-corrected chi connectivity index (χ2v) is 7.06. The third kappa shape index (κ3) is 3.41. The Hall–Kier alpha value is -2.71. The van der Waals surface area contributed by atoms with Gasteiger partial charge in [0.15, 0.2) is 5.82 Å². The van der Waals surface area contributed by atoms with Crippen LogP contribution in [0.4, 0.5) is 5.95 Å². The average molecular weight is 401 g/mol. The monoisotopic (exact) mass is 400 g/mol. The molecule has 1 fully saturated rings. The summed E-state index contributed by atoms with van der Waals surface area (Å²) in [4.78, 5) is 29.6. The lowest BCUT2D eigenvalue weighted by atomic mass is 10.3. The first kappa shape index (κ1) is 18.6. The topological polar surface area (TPSA) is 76.4 Å². The first-order chi connectivity index (χ1) is 13.6. The summed E-state index contributed by atoms with van der Waals surface area (Å²) in [6.45, 7) is 2.62. The summed E-state index contributed by atoms with van der Waals surface area (Å²) >= 11 is 6.41. The number of halogens is 1. The molecule has 1 aliphatic rings. The number of nitrogens with zero attached hydrogens (tertiary/aromatic N) is 6. The molecule has 1 aromatic carbocycles. The first-order valence-corrected chi connectivity index (χ1v) is 9.42. The lowest BCUT2D eigenvalue weighted by Gasteiger charge is -2.34. The van der Waals surface area contributed by atoms with Gasteiger partial charge in [0.25, 0.3) is 0 Å². The number of piperazine rings is 1. The lowest BCUT2D eigenvalue weighted by Crippen LogP contribution is -2.50. The van der Waals surface area contributed by atoms with Crippen molar-refractivity contribution in [1.29, 1.82) is 0 Å². The van der Waals surface area contributed by atoms with Crippen LogP contribution in [0.2, 0.25) is 5.02 Å². The van der Waals surface area contributed by atoms with E-state index in [-0.39, 0.29) is 12.5 Å². The van der Waals surface area contributed by atoms with Gasteiger partial charge < -0.3 is 19.1 Å². The van der Waals surface area contributed by atoms with Crippen molar-refractivity contribution >= 4 is 34.5 Å². The molecule has 8 nitrogen and oxygen atoms in total. The molecular formula is C19H21ClN6O2. The van der Waals surface area contributed by atoms with Gasteiger partial charge in [-0.1, -0.05) is 23.7 Å². The summed E-state index contributed by atoms with van der Waals surface area (Å²) in [6.07, 6.45) is 1.61. The molecule has 0 atom stereocenters. The van der Waals surface area contributed by atoms with E-state index in [1.807, 2.05) is 35.9 Å². The van der Waals surface area contributed by atoms with E-state index in [4.69, 9.17) is 21.3 Å². The average Bonchev–Trinajstić information content (AvgIpc) is 3.05. The number of rotatable bonds is 4. The van der Waals surface area contributed by atoms with Crippen molar-refractivity contribution in [3.8, 4) is 11.5 Å². The molecular weight excluding hydrogens is 380 g/mol. The van der Waals surface area contributed by atoms with Gasteiger partial charge in [-0.2, -0.15) is 0 Å². The minimum absolute atomic E-state index is 0.000404. The molecule has 1 aliphatic heterocycles. The third-order valence-corrected chi connectivity index (χ3v) is 5.19. The molecule has 0 saturated carbocycles. The van der Waals surface area contributed by atoms with Crippen LogP contribution in [0.25, 0.3) is 22.6 Å². The Labute approximate surface area is 167 Å². The zero-order chi connectivity index (χ0) is 19.7. The highest BCUT2D eigenvalue weighted by atomic mass is 35.5. The standard InChI is InChI=1S/C19H21ClN6O2/c1-24-15-6-4-3-5-14(15)22-18(24)17-13(20)11-21-19(23-17)26-9-7-25(8-10-26)16(27)12-28-2/h3-6,11H,7-10,12H2,1-2H3. The Morgan fingerprint density at radius 2 is 1.93 bits per heavy atom. The Bertz CT molecular complexity index is 1010. The molecule has 1 amide bonds. The van der Waals surface area contributed by atoms with E-state index in [2.05, 4.69) is 14.9 Å². The van der Waals surface area contributed by atoms with Gasteiger partial charge in [0.05, 0.1) is 22.3 Å². The molecule has 4 rings (SSSR count). The molecule has 0 radical (unpaired) electrons. The number of benzene rings is 1. The molecule has 28 heavy (non-hydrogen) atoms. The molecule has 3 aromatic rings. The number of carbonyl (C=O) groups is 1. The predicted molar refractivity (Wildman–Crippen MR) is 107 cm³/mol. The molecule has 9 heteroatoms. The fourth-order valence-corrected chi connectivity index (χ4v) is 3.57. The van der Waals surface area contributed by atoms with Crippen LogP contribution in [-0.2, 0) is 16.6 Å². The maximum absolute atomic E-state index is 12.0. The van der Waals surface area contributed by atoms with Crippen molar-refractivity contribution in [1.82, 2.24) is 24.4 Å². The number of hydrogen-bond donors (Lipinski definition) is 0. The van der Waals surface area contributed by atoms with Gasteiger partial charge in [-0.05, 0) is 12.1 Å². The van der Waals surface area contributed by atoms with Gasteiger partial charge in [-0.3, -0.25) is 4.79 Å². The summed E-state index contributed by atoms with van der Waals surface area (Å²) in [5.41, 5.74) is 2.50. The van der Waals surface area contributed by atoms with Crippen molar-refractivity contribution in [3.63, 3.8) is 0 Å². The Morgan fingerprint density at radius 1 is 1.18 bits per heavy atom. The van der Waals surface area contributed by atoms with E-state index in [1.54, 1.807) is 11.1 Å². The number of ether oxygens (including phenoxy) is 1. The van der Waals surface area contributed by atoms with Crippen LogP contribution in [-0.4, -0.2) is 70.2 Å². The summed E-state index contributed by atoms with van der Waals surface area (Å²) < 4.78 is 6.91. The van der Waals surface area contributed by atoms with Crippen molar-refractivity contribution in [2.75, 3.05) is 44.8 Å². The maximum atomic E-state index is 12.0. The summed E-state index contributed by atoms with van der Waals surface area (Å²) in [7, 11) is 3.47. The largest absolute Gasteiger partial charge is 0.375 e. The molecule has 0 spiro atoms. The number of imidazole rings is 1. The number of amides is 1. The van der Waals surface area contributed by atoms with E-state index in [0.717, 1.165) is 11.0 Å². The fraction of sp³-hybridized carbons (Fsp3) is 0.368. The highest BCUT2D eigenvalue weighted by Crippen LogP contribution is 2.29. The van der Waals surface area contributed by atoms with Crippen LogP contribution >= 0.6 is 11.6 Å². The van der Waals surface area contributed by atoms with Crippen LogP contribution in [0.15, 0.2) is 30.5 Å². The molecule has 0 unspecified atom stereocenters. The number of anilines is 1. The molecule has 3 heterocycles. The maximum Gasteiger partial charge on any atom is 0.248 e. The summed E-state index contributed by atoms with van der Waals surface area (Å²) in [5, 5.41) is 0.455. The van der Waals surface area contributed by atoms with Gasteiger partial charge in [0, 0.05) is 40.3 Å². The van der Waals surface area contributed by atoms with Gasteiger partial charge in [0.2, 0.25) is 11.9 Å². The highest BCUT2D eigenvalue weighted by Gasteiger charge is 2.24. The fourth-order valence-electron chi connectivity index (χ4n) is 3.39. The van der Waals surface area contributed by atoms with Crippen molar-refractivity contribution < 1.29 is 9.53 Å². The Morgan fingerprint density at radius 3 is 2.64 bits per heavy atom. The van der Waals surface area contributed by atoms with E-state index < -0.39 is 0 Å². The first-order valence-electron chi connectivity index (χ1n) is 9.04. The zero-order valence-electron chi connectivity index (χ0n) is 15.8. The molecule has 0 bridgehead atoms. The quantitative estimate of drug-likeness (QED) is 0.666. The van der Waals surface area contributed by atoms with Crippen LogP contribution < -0.4 is 4.90 Å². The van der Waals surface area contributed by atoms with Crippen LogP contribution in [0, 0.1) is 0 Å². The van der Waals surface area contributed by atoms with E-state index in [1.165, 1.54) is 7.11 Å². The van der Waals surface area contributed by atoms with Gasteiger partial charge in [-0.15, -0.1) is 0 Å². The number of para-hydroxylation sites is 2. The molecule has 2 aromatic heterocycles. The summed E-state index contributed by atoms with van der Waals surface area (Å²) in [6, 6.07) is 7.91. The summed E-state index contributed by atoms with van der Waals surface area (Å²) in [5.74, 6) is 1.29. The van der Waals surface area contributed by atoms with E-state index >= 15 is 0 Å². The normalized spacial score (nSPS) is 14.7. The van der Waals surface area contributed by atoms with Crippen LogP contribution in [0.1, 0.15) is 0 Å². The van der Waals surface area contributed by atoms with Crippen molar-refractivity contribution in [3.05, 3.63) is 35.5 Å². The van der Waals surface area contributed by atoms with E-state index in [9.17, 15) is 4.79 Å². The van der Waals surface area contributed by atoms with Gasteiger partial charge in [0.1, 0.15) is 12.3 Å². The molecule has 0 aliphatic carbocycles. The number of hydrogen-bond acceptors (Lipinski definition) is 6. The van der Waals surface area contributed by atoms with Crippen LogP contribution in [0.3, 0.4) is 0 Å². The molecule has 146 valence electrons. The number of aryl methyl sites for hydroxylation is 1. The second-order valence-electron chi connectivity index (χ2n) is 6.65. The highest BCUT2D eigenvalue weighted by molar-refractivity contribution is 6.32. The minimum Gasteiger partial charge on any atom is -0.375 e. The number of methoxy groups -OCH3 is 1. The van der Waals surface area contributed by atoms with E-state index in [0.29, 0.717) is 48.7 Å². The zero-order valence-corrected chi connectivity index (χ0v) is 16.6. The SMILES string of the molecule is COCC(=O)N1CCN(c2ncc(Cl)c(-c3nc4ccccc4n3C)n2)CC1. The van der Waals surface area contributed by atoms with Gasteiger partial charge in [-0.25, -0.2) is 15.0 Å². The smallest absolute Gasteiger partial charge is 0.248 e. The van der Waals surface area contributed by atoms with Gasteiger partial charge >= 0.3 is 0 Å². The number of carbonyl (C=O) groups excluding carboxylic acids is 1. The third-order valence-electron chi connectivity index (χ3n) is 4.91. The Balaban J connectivity index is 1.60. The minimum atomic E-state index is -0.000404. The number of aromatic nitrogens is 4. The Kier molecular flexibility index (Phi) is 5.15. The second kappa shape index (κ2) is 7.73.